The first-order valence-corrected chi connectivity index (χ1v) is 10.3. The Labute approximate surface area is 160 Å². The number of carbonyl (C=O) groups is 2. The second kappa shape index (κ2) is 11.9. The molecule has 146 valence electrons. The second-order valence-corrected chi connectivity index (χ2v) is 7.72. The Hall–Kier alpha value is -1.57. The number of thioether (sulfide) groups is 1. The molecular formula is C19H31N3O3S. The number of carbonyl (C=O) groups excluding carboxylic acids is 1. The number of nitrogens with two attached hydrogens (primary N) is 1. The van der Waals surface area contributed by atoms with Crippen molar-refractivity contribution in [3.8, 4) is 0 Å². The molecule has 0 spiro atoms. The van der Waals surface area contributed by atoms with Crippen LogP contribution >= 0.6 is 11.8 Å². The molecule has 0 bridgehead atoms. The van der Waals surface area contributed by atoms with Crippen molar-refractivity contribution in [3.05, 3.63) is 35.9 Å². The van der Waals surface area contributed by atoms with Gasteiger partial charge in [-0.2, -0.15) is 11.8 Å². The van der Waals surface area contributed by atoms with Crippen LogP contribution in [0.3, 0.4) is 0 Å². The molecule has 0 aliphatic heterocycles. The SMILES string of the molecule is CSCC[C@H](NC(=O)[C@H](Cc1ccccc1)NC[C@@H](N)C(C)C)C(=O)O. The lowest BCUT2D eigenvalue weighted by molar-refractivity contribution is -0.142. The molecule has 0 saturated carbocycles. The average molecular weight is 382 g/mol. The quantitative estimate of drug-likeness (QED) is 0.437. The number of rotatable bonds is 12. The van der Waals surface area contributed by atoms with Gasteiger partial charge in [-0.1, -0.05) is 44.2 Å². The molecule has 0 aromatic heterocycles. The molecule has 7 heteroatoms. The zero-order valence-electron chi connectivity index (χ0n) is 15.8. The van der Waals surface area contributed by atoms with Gasteiger partial charge in [0.05, 0.1) is 6.04 Å². The van der Waals surface area contributed by atoms with E-state index in [1.165, 1.54) is 0 Å². The standard InChI is InChI=1S/C19H31N3O3S/c1-13(2)15(20)12-21-17(11-14-7-5-4-6-8-14)18(23)22-16(19(24)25)9-10-26-3/h4-8,13,15-17,21H,9-12,20H2,1-3H3,(H,22,23)(H,24,25)/t15-,16+,17+/m1/s1. The molecule has 0 saturated heterocycles. The minimum atomic E-state index is -1.01. The van der Waals surface area contributed by atoms with Gasteiger partial charge in [-0.3, -0.25) is 4.79 Å². The number of carboxylic acids is 1. The van der Waals surface area contributed by atoms with Crippen LogP contribution < -0.4 is 16.4 Å². The third kappa shape index (κ3) is 8.21. The highest BCUT2D eigenvalue weighted by Gasteiger charge is 2.25. The Balaban J connectivity index is 2.80. The molecule has 1 aromatic carbocycles. The van der Waals surface area contributed by atoms with Crippen LogP contribution in [0.1, 0.15) is 25.8 Å². The summed E-state index contributed by atoms with van der Waals surface area (Å²) in [6.45, 7) is 4.55. The smallest absolute Gasteiger partial charge is 0.326 e. The highest BCUT2D eigenvalue weighted by atomic mass is 32.2. The first-order valence-electron chi connectivity index (χ1n) is 8.90. The maximum absolute atomic E-state index is 12.7. The van der Waals surface area contributed by atoms with Crippen LogP contribution in [-0.2, 0) is 16.0 Å². The Kier molecular flexibility index (Phi) is 10.3. The van der Waals surface area contributed by atoms with E-state index < -0.39 is 18.1 Å². The van der Waals surface area contributed by atoms with E-state index in [0.717, 1.165) is 5.56 Å². The topological polar surface area (TPSA) is 104 Å². The highest BCUT2D eigenvalue weighted by molar-refractivity contribution is 7.98. The summed E-state index contributed by atoms with van der Waals surface area (Å²) in [5.74, 6) is -0.356. The number of benzene rings is 1. The van der Waals surface area contributed by atoms with Gasteiger partial charge in [0.25, 0.3) is 0 Å². The Bertz CT molecular complexity index is 554. The van der Waals surface area contributed by atoms with Gasteiger partial charge in [-0.25, -0.2) is 4.79 Å². The minimum Gasteiger partial charge on any atom is -0.480 e. The van der Waals surface area contributed by atoms with Crippen molar-refractivity contribution >= 4 is 23.6 Å². The zero-order chi connectivity index (χ0) is 19.5. The number of amides is 1. The van der Waals surface area contributed by atoms with Crippen LogP contribution in [0.4, 0.5) is 0 Å². The van der Waals surface area contributed by atoms with E-state index >= 15 is 0 Å². The largest absolute Gasteiger partial charge is 0.480 e. The molecule has 6 nitrogen and oxygen atoms in total. The van der Waals surface area contributed by atoms with Gasteiger partial charge in [0, 0.05) is 12.6 Å². The fourth-order valence-corrected chi connectivity index (χ4v) is 2.86. The van der Waals surface area contributed by atoms with E-state index in [4.69, 9.17) is 5.73 Å². The third-order valence-corrected chi connectivity index (χ3v) is 4.92. The lowest BCUT2D eigenvalue weighted by Crippen LogP contribution is -2.53. The normalized spacial score (nSPS) is 14.7. The molecule has 1 rings (SSSR count). The van der Waals surface area contributed by atoms with E-state index in [1.54, 1.807) is 11.8 Å². The van der Waals surface area contributed by atoms with Crippen LogP contribution in [0.15, 0.2) is 30.3 Å². The van der Waals surface area contributed by atoms with Gasteiger partial charge < -0.3 is 21.5 Å². The fourth-order valence-electron chi connectivity index (χ4n) is 2.39. The molecule has 0 fully saturated rings. The lowest BCUT2D eigenvalue weighted by Gasteiger charge is -2.24. The molecule has 0 aliphatic rings. The Morgan fingerprint density at radius 3 is 2.38 bits per heavy atom. The number of carboxylic acid groups (broad SMARTS) is 1. The van der Waals surface area contributed by atoms with Crippen LogP contribution in [0.2, 0.25) is 0 Å². The summed E-state index contributed by atoms with van der Waals surface area (Å²) in [7, 11) is 0. The summed E-state index contributed by atoms with van der Waals surface area (Å²) in [6.07, 6.45) is 2.78. The van der Waals surface area contributed by atoms with Gasteiger partial charge in [-0.05, 0) is 36.3 Å². The molecule has 3 atom stereocenters. The van der Waals surface area contributed by atoms with Crippen molar-refractivity contribution in [2.75, 3.05) is 18.6 Å². The monoisotopic (exact) mass is 381 g/mol. The van der Waals surface area contributed by atoms with E-state index in [9.17, 15) is 14.7 Å². The van der Waals surface area contributed by atoms with Gasteiger partial charge in [0.1, 0.15) is 6.04 Å². The van der Waals surface area contributed by atoms with Crippen molar-refractivity contribution in [1.29, 1.82) is 0 Å². The van der Waals surface area contributed by atoms with Gasteiger partial charge in [0.15, 0.2) is 0 Å². The van der Waals surface area contributed by atoms with E-state index in [-0.39, 0.29) is 17.9 Å². The highest BCUT2D eigenvalue weighted by Crippen LogP contribution is 2.07. The molecule has 0 heterocycles. The number of hydrogen-bond acceptors (Lipinski definition) is 5. The summed E-state index contributed by atoms with van der Waals surface area (Å²) in [4.78, 5) is 24.1. The third-order valence-electron chi connectivity index (χ3n) is 4.28. The van der Waals surface area contributed by atoms with Crippen LogP contribution in [-0.4, -0.2) is 53.7 Å². The number of aliphatic carboxylic acids is 1. The summed E-state index contributed by atoms with van der Waals surface area (Å²) >= 11 is 1.56. The molecule has 5 N–H and O–H groups in total. The zero-order valence-corrected chi connectivity index (χ0v) is 16.6. The van der Waals surface area contributed by atoms with E-state index in [2.05, 4.69) is 10.6 Å². The van der Waals surface area contributed by atoms with Crippen LogP contribution in [0.25, 0.3) is 0 Å². The van der Waals surface area contributed by atoms with E-state index in [0.29, 0.717) is 25.1 Å². The molecule has 0 aliphatic carbocycles. The summed E-state index contributed by atoms with van der Waals surface area (Å²) in [6, 6.07) is 8.17. The first kappa shape index (κ1) is 22.5. The van der Waals surface area contributed by atoms with Crippen LogP contribution in [0.5, 0.6) is 0 Å². The molecular weight excluding hydrogens is 350 g/mol. The Morgan fingerprint density at radius 1 is 1.19 bits per heavy atom. The van der Waals surface area contributed by atoms with Gasteiger partial charge in [-0.15, -0.1) is 0 Å². The van der Waals surface area contributed by atoms with Gasteiger partial charge in [0.2, 0.25) is 5.91 Å². The minimum absolute atomic E-state index is 0.0761. The second-order valence-electron chi connectivity index (χ2n) is 6.74. The number of hydrogen-bond donors (Lipinski definition) is 4. The van der Waals surface area contributed by atoms with Crippen molar-refractivity contribution in [2.45, 2.75) is 44.8 Å². The maximum atomic E-state index is 12.7. The Morgan fingerprint density at radius 2 is 1.85 bits per heavy atom. The van der Waals surface area contributed by atoms with Crippen LogP contribution in [0, 0.1) is 5.92 Å². The average Bonchev–Trinajstić information content (AvgIpc) is 2.62. The summed E-state index contributed by atoms with van der Waals surface area (Å²) in [5.41, 5.74) is 7.09. The summed E-state index contributed by atoms with van der Waals surface area (Å²) in [5, 5.41) is 15.2. The molecule has 1 amide bonds. The predicted octanol–water partition coefficient (Wildman–Crippen LogP) is 1.49. The predicted molar refractivity (Wildman–Crippen MR) is 107 cm³/mol. The van der Waals surface area contributed by atoms with Crippen molar-refractivity contribution in [2.24, 2.45) is 11.7 Å². The van der Waals surface area contributed by atoms with E-state index in [1.807, 2.05) is 50.4 Å². The summed E-state index contributed by atoms with van der Waals surface area (Å²) < 4.78 is 0. The van der Waals surface area contributed by atoms with Gasteiger partial charge >= 0.3 is 5.97 Å². The fraction of sp³-hybridized carbons (Fsp3) is 0.579. The molecule has 26 heavy (non-hydrogen) atoms. The lowest BCUT2D eigenvalue weighted by atomic mass is 10.0. The van der Waals surface area contributed by atoms with Crippen molar-refractivity contribution in [1.82, 2.24) is 10.6 Å². The maximum Gasteiger partial charge on any atom is 0.326 e. The van der Waals surface area contributed by atoms with Crippen molar-refractivity contribution < 1.29 is 14.7 Å². The van der Waals surface area contributed by atoms with Crippen molar-refractivity contribution in [3.63, 3.8) is 0 Å². The first-order chi connectivity index (χ1) is 12.3. The molecule has 1 aromatic rings. The molecule has 0 unspecified atom stereocenters. The number of nitrogens with one attached hydrogen (secondary N) is 2. The molecule has 0 radical (unpaired) electrons.